The Kier molecular flexibility index (Phi) is 19.7. The average Bonchev–Trinajstić information content (AvgIpc) is 1.99. The molecule has 0 aliphatic rings. The molecular formula is C14H44O3Si3. The van der Waals surface area contributed by atoms with Gasteiger partial charge in [0.05, 0.1) is 0 Å². The van der Waals surface area contributed by atoms with Crippen LogP contribution in [0.3, 0.4) is 0 Å². The summed E-state index contributed by atoms with van der Waals surface area (Å²) in [4.78, 5) is 0. The first-order valence-electron chi connectivity index (χ1n) is 6.08. The van der Waals surface area contributed by atoms with Gasteiger partial charge >= 0.3 is 17.1 Å². The molecule has 0 fully saturated rings. The molecule has 3 nitrogen and oxygen atoms in total. The number of rotatable bonds is 7. The molecule has 0 bridgehead atoms. The molecule has 0 aliphatic heterocycles. The van der Waals surface area contributed by atoms with Gasteiger partial charge in [-0.25, -0.2) is 0 Å². The first-order valence-corrected chi connectivity index (χ1v) is 14.8. The minimum atomic E-state index is -2.03. The Labute approximate surface area is 134 Å². The van der Waals surface area contributed by atoms with E-state index >= 15 is 0 Å². The van der Waals surface area contributed by atoms with E-state index in [1.165, 1.54) is 0 Å². The van der Waals surface area contributed by atoms with Crippen LogP contribution in [-0.2, 0) is 12.7 Å². The van der Waals surface area contributed by atoms with Crippen molar-refractivity contribution in [2.75, 3.05) is 6.61 Å². The minimum Gasteiger partial charge on any atom is -0.436 e. The fourth-order valence-corrected chi connectivity index (χ4v) is 13.8. The predicted molar refractivity (Wildman–Crippen MR) is 104 cm³/mol. The largest absolute Gasteiger partial charge is 0.436 e. The van der Waals surface area contributed by atoms with E-state index in [9.17, 15) is 0 Å². The summed E-state index contributed by atoms with van der Waals surface area (Å²) in [5.41, 5.74) is 0. The molecule has 0 aromatic heterocycles. The summed E-state index contributed by atoms with van der Waals surface area (Å²) < 4.78 is 18.1. The van der Waals surface area contributed by atoms with Gasteiger partial charge in [0.2, 0.25) is 0 Å². The number of hydrogen-bond donors (Lipinski definition) is 0. The Balaban J connectivity index is -0.000000187. The van der Waals surface area contributed by atoms with Crippen molar-refractivity contribution in [1.29, 1.82) is 0 Å². The first kappa shape index (κ1) is 32.5. The third-order valence-corrected chi connectivity index (χ3v) is 13.2. The van der Waals surface area contributed by atoms with Gasteiger partial charge in [0.15, 0.2) is 8.32 Å². The van der Waals surface area contributed by atoms with Crippen LogP contribution in [0.2, 0.25) is 45.3 Å². The normalized spacial score (nSPS) is 11.4. The van der Waals surface area contributed by atoms with E-state index < -0.39 is 25.4 Å². The maximum atomic E-state index is 6.27. The van der Waals surface area contributed by atoms with Crippen LogP contribution in [0, 0.1) is 0 Å². The van der Waals surface area contributed by atoms with E-state index in [0.29, 0.717) is 0 Å². The topological polar surface area (TPSA) is 27.7 Å². The van der Waals surface area contributed by atoms with Gasteiger partial charge < -0.3 is 12.7 Å². The highest BCUT2D eigenvalue weighted by Gasteiger charge is 2.39. The molecule has 0 N–H and O–H groups in total. The van der Waals surface area contributed by atoms with E-state index in [-0.39, 0.29) is 29.7 Å². The molecular weight excluding hydrogens is 300 g/mol. The predicted octanol–water partition coefficient (Wildman–Crippen LogP) is 6.23. The molecule has 0 amide bonds. The molecule has 0 aromatic rings. The fraction of sp³-hybridized carbons (Fsp3) is 1.00. The quantitative estimate of drug-likeness (QED) is 0.512. The van der Waals surface area contributed by atoms with Crippen molar-refractivity contribution >= 4 is 25.4 Å². The maximum absolute atomic E-state index is 6.27. The summed E-state index contributed by atoms with van der Waals surface area (Å²) in [6.07, 6.45) is 0. The Morgan fingerprint density at radius 2 is 1.05 bits per heavy atom. The molecule has 0 aliphatic carbocycles. The monoisotopic (exact) mass is 344 g/mol. The molecule has 0 heterocycles. The van der Waals surface area contributed by atoms with Gasteiger partial charge in [-0.15, -0.1) is 0 Å². The summed E-state index contributed by atoms with van der Waals surface area (Å²) in [5.74, 6) is 0. The van der Waals surface area contributed by atoms with Crippen molar-refractivity contribution in [2.24, 2.45) is 0 Å². The van der Waals surface area contributed by atoms with E-state index in [4.69, 9.17) is 12.7 Å². The third-order valence-electron chi connectivity index (χ3n) is 2.36. The van der Waals surface area contributed by atoms with Crippen molar-refractivity contribution in [3.63, 3.8) is 0 Å². The van der Waals surface area contributed by atoms with Crippen LogP contribution in [0.15, 0.2) is 0 Å². The van der Waals surface area contributed by atoms with E-state index in [1.54, 1.807) is 0 Å². The van der Waals surface area contributed by atoms with Crippen LogP contribution in [0.5, 0.6) is 0 Å². The molecule has 0 aromatic carbocycles. The molecule has 0 atom stereocenters. The summed E-state index contributed by atoms with van der Waals surface area (Å²) >= 11 is 0. The lowest BCUT2D eigenvalue weighted by molar-refractivity contribution is 0.242. The van der Waals surface area contributed by atoms with E-state index in [2.05, 4.69) is 46.2 Å². The summed E-state index contributed by atoms with van der Waals surface area (Å²) in [5, 5.41) is 0. The highest BCUT2D eigenvalue weighted by Crippen LogP contribution is 2.22. The summed E-state index contributed by atoms with van der Waals surface area (Å²) in [6.45, 7) is 17.9. The zero-order valence-corrected chi connectivity index (χ0v) is 15.1. The van der Waals surface area contributed by atoms with Crippen molar-refractivity contribution in [3.05, 3.63) is 0 Å². The molecule has 0 unspecified atom stereocenters. The molecule has 130 valence electrons. The lowest BCUT2D eigenvalue weighted by atomic mass is 10.9. The van der Waals surface area contributed by atoms with Gasteiger partial charge in [-0.05, 0) is 52.2 Å². The molecule has 0 saturated carbocycles. The minimum absolute atomic E-state index is 0. The van der Waals surface area contributed by atoms with Crippen molar-refractivity contribution < 1.29 is 12.7 Å². The number of hydrogen-bond acceptors (Lipinski definition) is 3. The van der Waals surface area contributed by atoms with Gasteiger partial charge in [-0.2, -0.15) is 0 Å². The smallest absolute Gasteiger partial charge is 0.322 e. The van der Waals surface area contributed by atoms with Gasteiger partial charge in [-0.3, -0.25) is 0 Å². The molecule has 0 saturated heterocycles. The third kappa shape index (κ3) is 14.9. The molecule has 20 heavy (non-hydrogen) atoms. The molecule has 0 spiro atoms. The van der Waals surface area contributed by atoms with Gasteiger partial charge in [0.1, 0.15) is 0 Å². The fourth-order valence-electron chi connectivity index (χ4n) is 1.73. The van der Waals surface area contributed by atoms with Crippen LogP contribution in [-0.4, -0.2) is 32.0 Å². The Morgan fingerprint density at radius 1 is 0.650 bits per heavy atom. The second-order valence-electron chi connectivity index (χ2n) is 5.55. The second-order valence-corrected chi connectivity index (χ2v) is 17.3. The van der Waals surface area contributed by atoms with Crippen molar-refractivity contribution in [1.82, 2.24) is 0 Å². The van der Waals surface area contributed by atoms with Crippen molar-refractivity contribution in [3.8, 4) is 0 Å². The van der Waals surface area contributed by atoms with Crippen LogP contribution in [0.1, 0.15) is 43.6 Å². The first-order chi connectivity index (χ1) is 7.04. The molecule has 0 rings (SSSR count). The van der Waals surface area contributed by atoms with Gasteiger partial charge in [0, 0.05) is 6.61 Å². The highest BCUT2D eigenvalue weighted by atomic mass is 28.5. The second kappa shape index (κ2) is 12.1. The highest BCUT2D eigenvalue weighted by molar-refractivity contribution is 6.86. The van der Waals surface area contributed by atoms with E-state index in [0.717, 1.165) is 12.7 Å². The zero-order chi connectivity index (χ0) is 13.0. The Morgan fingerprint density at radius 3 is 1.35 bits per heavy atom. The van der Waals surface area contributed by atoms with Gasteiger partial charge in [-0.1, -0.05) is 36.6 Å². The van der Waals surface area contributed by atoms with E-state index in [1.807, 2.05) is 6.92 Å². The van der Waals surface area contributed by atoms with Gasteiger partial charge in [0.25, 0.3) is 0 Å². The molecule has 0 radical (unpaired) electrons. The average molecular weight is 345 g/mol. The summed E-state index contributed by atoms with van der Waals surface area (Å²) in [6, 6.07) is 1.13. The Bertz CT molecular complexity index is 220. The van der Waals surface area contributed by atoms with Crippen LogP contribution < -0.4 is 0 Å². The summed E-state index contributed by atoms with van der Waals surface area (Å²) in [7, 11) is -5.56. The lowest BCUT2D eigenvalue weighted by Gasteiger charge is -2.37. The Hall–Kier alpha value is 0.531. The van der Waals surface area contributed by atoms with Crippen LogP contribution >= 0.6 is 0 Å². The zero-order valence-electron chi connectivity index (χ0n) is 12.1. The van der Waals surface area contributed by atoms with Crippen molar-refractivity contribution in [2.45, 2.75) is 88.9 Å². The van der Waals surface area contributed by atoms with Crippen LogP contribution in [0.4, 0.5) is 0 Å². The standard InChI is InChI=1S/C10H28O3Si3.4CH4/c1-9-11-15(5,6)13-16(7,8)12-14(3,4)10-2;;;;/h9-10H2,1-8H3;4*1H4. The lowest BCUT2D eigenvalue weighted by Crippen LogP contribution is -2.53. The van der Waals surface area contributed by atoms with Crippen LogP contribution in [0.25, 0.3) is 0 Å². The SMILES string of the molecule is C.C.C.C.CCO[Si](C)(C)O[Si](C)(C)O[Si](C)(C)CC. The maximum Gasteiger partial charge on any atom is 0.322 e. The molecule has 6 heteroatoms.